The fourth-order valence-electron chi connectivity index (χ4n) is 1.84. The summed E-state index contributed by atoms with van der Waals surface area (Å²) in [6, 6.07) is 8.37. The highest BCUT2D eigenvalue weighted by molar-refractivity contribution is 7.99. The maximum atomic E-state index is 11.7. The average molecular weight is 309 g/mol. The lowest BCUT2D eigenvalue weighted by Crippen LogP contribution is -2.26. The third-order valence-corrected chi connectivity index (χ3v) is 4.03. The zero-order valence-corrected chi connectivity index (χ0v) is 13.4. The van der Waals surface area contributed by atoms with Crippen molar-refractivity contribution < 1.29 is 14.7 Å². The number of benzene rings is 1. The maximum absolute atomic E-state index is 11.7. The fraction of sp³-hybridized carbons (Fsp3) is 0.500. The van der Waals surface area contributed by atoms with E-state index in [1.165, 1.54) is 17.3 Å². The van der Waals surface area contributed by atoms with Gasteiger partial charge in [-0.15, -0.1) is 11.8 Å². The Hall–Kier alpha value is -1.49. The van der Waals surface area contributed by atoms with Crippen LogP contribution in [0.25, 0.3) is 0 Å². The summed E-state index contributed by atoms with van der Waals surface area (Å²) in [7, 11) is 0. The van der Waals surface area contributed by atoms with Gasteiger partial charge in [-0.25, -0.2) is 0 Å². The van der Waals surface area contributed by atoms with Gasteiger partial charge < -0.3 is 10.4 Å². The SMILES string of the molecule is CC(C)c1ccc(CCC(=O)NCCSCC(=O)O)cc1. The molecule has 0 unspecified atom stereocenters. The first kappa shape index (κ1) is 17.6. The van der Waals surface area contributed by atoms with Crippen molar-refractivity contribution in [2.24, 2.45) is 0 Å². The molecular formula is C16H23NO3S. The summed E-state index contributed by atoms with van der Waals surface area (Å²) in [6.07, 6.45) is 1.19. The Morgan fingerprint density at radius 2 is 1.90 bits per heavy atom. The van der Waals surface area contributed by atoms with Crippen molar-refractivity contribution in [2.45, 2.75) is 32.6 Å². The Labute approximate surface area is 130 Å². The van der Waals surface area contributed by atoms with Gasteiger partial charge in [0.15, 0.2) is 0 Å². The van der Waals surface area contributed by atoms with Crippen LogP contribution in [0.4, 0.5) is 0 Å². The summed E-state index contributed by atoms with van der Waals surface area (Å²) in [6.45, 7) is 4.83. The number of nitrogens with one attached hydrogen (secondary N) is 1. The Bertz CT molecular complexity index is 457. The van der Waals surface area contributed by atoms with E-state index in [4.69, 9.17) is 5.11 Å². The van der Waals surface area contributed by atoms with Crippen LogP contribution in [0.1, 0.15) is 37.3 Å². The number of carboxylic acids is 1. The number of carbonyl (C=O) groups is 2. The van der Waals surface area contributed by atoms with Gasteiger partial charge in [-0.05, 0) is 23.5 Å². The van der Waals surface area contributed by atoms with Gasteiger partial charge in [0.2, 0.25) is 5.91 Å². The molecule has 0 atom stereocenters. The van der Waals surface area contributed by atoms with Gasteiger partial charge in [0.25, 0.3) is 0 Å². The molecule has 2 N–H and O–H groups in total. The first-order valence-electron chi connectivity index (χ1n) is 7.14. The molecule has 0 saturated carbocycles. The quantitative estimate of drug-likeness (QED) is 0.688. The van der Waals surface area contributed by atoms with Crippen molar-refractivity contribution in [3.8, 4) is 0 Å². The number of carboxylic acid groups (broad SMARTS) is 1. The molecule has 1 amide bonds. The van der Waals surface area contributed by atoms with Gasteiger partial charge in [0.05, 0.1) is 5.75 Å². The zero-order chi connectivity index (χ0) is 15.7. The van der Waals surface area contributed by atoms with Crippen LogP contribution in [0.3, 0.4) is 0 Å². The Kier molecular flexibility index (Phi) is 7.90. The molecular weight excluding hydrogens is 286 g/mol. The zero-order valence-electron chi connectivity index (χ0n) is 12.6. The van der Waals surface area contributed by atoms with E-state index >= 15 is 0 Å². The molecule has 0 spiro atoms. The second-order valence-corrected chi connectivity index (χ2v) is 6.30. The number of amides is 1. The Morgan fingerprint density at radius 3 is 2.48 bits per heavy atom. The van der Waals surface area contributed by atoms with Gasteiger partial charge in [-0.3, -0.25) is 9.59 Å². The highest BCUT2D eigenvalue weighted by Gasteiger charge is 2.04. The number of aliphatic carboxylic acids is 1. The van der Waals surface area contributed by atoms with E-state index in [0.29, 0.717) is 24.6 Å². The molecule has 0 aliphatic heterocycles. The minimum atomic E-state index is -0.823. The summed E-state index contributed by atoms with van der Waals surface area (Å²) < 4.78 is 0. The highest BCUT2D eigenvalue weighted by Crippen LogP contribution is 2.15. The fourth-order valence-corrected chi connectivity index (χ4v) is 2.40. The average Bonchev–Trinajstić information content (AvgIpc) is 2.44. The predicted octanol–water partition coefficient (Wildman–Crippen LogP) is 2.68. The van der Waals surface area contributed by atoms with E-state index in [9.17, 15) is 9.59 Å². The molecule has 1 aromatic carbocycles. The van der Waals surface area contributed by atoms with E-state index in [-0.39, 0.29) is 11.7 Å². The standard InChI is InChI=1S/C16H23NO3S/c1-12(2)14-6-3-13(4-7-14)5-8-15(18)17-9-10-21-11-16(19)20/h3-4,6-7,12H,5,8-11H2,1-2H3,(H,17,18)(H,19,20). The van der Waals surface area contributed by atoms with Crippen LogP contribution in [0.2, 0.25) is 0 Å². The van der Waals surface area contributed by atoms with E-state index in [0.717, 1.165) is 12.0 Å². The summed E-state index contributed by atoms with van der Waals surface area (Å²) in [5.74, 6) is 0.417. The maximum Gasteiger partial charge on any atom is 0.313 e. The molecule has 1 rings (SSSR count). The first-order valence-corrected chi connectivity index (χ1v) is 8.29. The first-order chi connectivity index (χ1) is 9.99. The number of hydrogen-bond donors (Lipinski definition) is 2. The molecule has 1 aromatic rings. The van der Waals surface area contributed by atoms with Gasteiger partial charge in [-0.1, -0.05) is 38.1 Å². The van der Waals surface area contributed by atoms with Crippen LogP contribution < -0.4 is 5.32 Å². The van der Waals surface area contributed by atoms with Crippen LogP contribution in [-0.4, -0.2) is 35.0 Å². The molecule has 0 aliphatic rings. The summed E-state index contributed by atoms with van der Waals surface area (Å²) in [5, 5.41) is 11.3. The molecule has 0 radical (unpaired) electrons. The van der Waals surface area contributed by atoms with E-state index in [1.807, 2.05) is 0 Å². The van der Waals surface area contributed by atoms with Crippen molar-refractivity contribution >= 4 is 23.6 Å². The third-order valence-electron chi connectivity index (χ3n) is 3.08. The lowest BCUT2D eigenvalue weighted by molar-refractivity contribution is -0.133. The number of aryl methyl sites for hydroxylation is 1. The number of rotatable bonds is 9. The van der Waals surface area contributed by atoms with Crippen LogP contribution in [0.5, 0.6) is 0 Å². The largest absolute Gasteiger partial charge is 0.481 e. The number of thioether (sulfide) groups is 1. The van der Waals surface area contributed by atoms with Crippen molar-refractivity contribution in [1.82, 2.24) is 5.32 Å². The van der Waals surface area contributed by atoms with Gasteiger partial charge in [0.1, 0.15) is 0 Å². The molecule has 0 aliphatic carbocycles. The Morgan fingerprint density at radius 1 is 1.24 bits per heavy atom. The topological polar surface area (TPSA) is 66.4 Å². The van der Waals surface area contributed by atoms with Gasteiger partial charge in [-0.2, -0.15) is 0 Å². The summed E-state index contributed by atoms with van der Waals surface area (Å²) in [5.41, 5.74) is 2.47. The molecule has 0 saturated heterocycles. The van der Waals surface area contributed by atoms with Crippen LogP contribution >= 0.6 is 11.8 Å². The lowest BCUT2D eigenvalue weighted by Gasteiger charge is -2.07. The van der Waals surface area contributed by atoms with Crippen LogP contribution in [0, 0.1) is 0 Å². The molecule has 0 heterocycles. The second kappa shape index (κ2) is 9.45. The number of hydrogen-bond acceptors (Lipinski definition) is 3. The van der Waals surface area contributed by atoms with Gasteiger partial charge >= 0.3 is 5.97 Å². The summed E-state index contributed by atoms with van der Waals surface area (Å²) >= 11 is 1.31. The molecule has 0 fully saturated rings. The molecule has 0 aromatic heterocycles. The van der Waals surface area contributed by atoms with Crippen molar-refractivity contribution in [1.29, 1.82) is 0 Å². The van der Waals surface area contributed by atoms with Gasteiger partial charge in [0, 0.05) is 18.7 Å². The Balaban J connectivity index is 2.19. The van der Waals surface area contributed by atoms with Crippen molar-refractivity contribution in [3.05, 3.63) is 35.4 Å². The van der Waals surface area contributed by atoms with E-state index in [2.05, 4.69) is 43.4 Å². The highest BCUT2D eigenvalue weighted by atomic mass is 32.2. The molecule has 21 heavy (non-hydrogen) atoms. The minimum absolute atomic E-state index is 0.0128. The van der Waals surface area contributed by atoms with Crippen LogP contribution in [0.15, 0.2) is 24.3 Å². The summed E-state index contributed by atoms with van der Waals surface area (Å²) in [4.78, 5) is 22.0. The monoisotopic (exact) mass is 309 g/mol. The smallest absolute Gasteiger partial charge is 0.313 e. The molecule has 0 bridgehead atoms. The predicted molar refractivity (Wildman–Crippen MR) is 86.8 cm³/mol. The van der Waals surface area contributed by atoms with Crippen LogP contribution in [-0.2, 0) is 16.0 Å². The van der Waals surface area contributed by atoms with E-state index in [1.54, 1.807) is 0 Å². The molecule has 116 valence electrons. The second-order valence-electron chi connectivity index (χ2n) is 5.19. The van der Waals surface area contributed by atoms with Crippen molar-refractivity contribution in [2.75, 3.05) is 18.1 Å². The molecule has 5 heteroatoms. The normalized spacial score (nSPS) is 10.6. The van der Waals surface area contributed by atoms with E-state index < -0.39 is 5.97 Å². The third kappa shape index (κ3) is 7.75. The van der Waals surface area contributed by atoms with Crippen molar-refractivity contribution in [3.63, 3.8) is 0 Å². The lowest BCUT2D eigenvalue weighted by atomic mass is 10.0. The minimum Gasteiger partial charge on any atom is -0.481 e. The number of carbonyl (C=O) groups excluding carboxylic acids is 1. The molecule has 4 nitrogen and oxygen atoms in total.